The highest BCUT2D eigenvalue weighted by Crippen LogP contribution is 2.25. The van der Waals surface area contributed by atoms with Gasteiger partial charge in [-0.25, -0.2) is 4.79 Å². The van der Waals surface area contributed by atoms with Gasteiger partial charge in [-0.15, -0.1) is 0 Å². The van der Waals surface area contributed by atoms with Gasteiger partial charge in [-0.2, -0.15) is 5.10 Å². The molecule has 0 saturated heterocycles. The molecule has 0 unspecified atom stereocenters. The predicted octanol–water partition coefficient (Wildman–Crippen LogP) is 1.40. The summed E-state index contributed by atoms with van der Waals surface area (Å²) in [5, 5.41) is 22.4. The fourth-order valence-corrected chi connectivity index (χ4v) is 1.53. The van der Waals surface area contributed by atoms with Crippen molar-refractivity contribution in [2.24, 2.45) is 7.05 Å². The first-order chi connectivity index (χ1) is 8.58. The molecule has 0 bridgehead atoms. The molecular weight excluding hydrogens is 236 g/mol. The SMILES string of the molecule is Cn1nc(COc2ccccc2O)cc1C(=O)O. The number of aromatic hydroxyl groups is 1. The second-order valence-electron chi connectivity index (χ2n) is 3.71. The van der Waals surface area contributed by atoms with Crippen molar-refractivity contribution < 1.29 is 19.7 Å². The lowest BCUT2D eigenvalue weighted by Crippen LogP contribution is -2.04. The fourth-order valence-electron chi connectivity index (χ4n) is 1.53. The second kappa shape index (κ2) is 4.79. The smallest absolute Gasteiger partial charge is 0.354 e. The largest absolute Gasteiger partial charge is 0.504 e. The third-order valence-corrected chi connectivity index (χ3v) is 2.39. The van der Waals surface area contributed by atoms with Crippen molar-refractivity contribution in [2.45, 2.75) is 6.61 Å². The molecule has 0 fully saturated rings. The summed E-state index contributed by atoms with van der Waals surface area (Å²) in [6.07, 6.45) is 0. The number of carbonyl (C=O) groups is 1. The highest BCUT2D eigenvalue weighted by atomic mass is 16.5. The monoisotopic (exact) mass is 248 g/mol. The molecular formula is C12H12N2O4. The van der Waals surface area contributed by atoms with E-state index in [0.29, 0.717) is 11.4 Å². The number of carboxylic acid groups (broad SMARTS) is 1. The molecule has 0 aliphatic heterocycles. The van der Waals surface area contributed by atoms with Gasteiger partial charge in [0.05, 0.1) is 0 Å². The molecule has 1 aromatic carbocycles. The molecule has 94 valence electrons. The van der Waals surface area contributed by atoms with Gasteiger partial charge in [0.25, 0.3) is 0 Å². The Kier molecular flexibility index (Phi) is 3.18. The van der Waals surface area contributed by atoms with E-state index in [1.54, 1.807) is 25.2 Å². The van der Waals surface area contributed by atoms with E-state index in [-0.39, 0.29) is 18.1 Å². The number of nitrogens with zero attached hydrogens (tertiary/aromatic N) is 2. The van der Waals surface area contributed by atoms with E-state index >= 15 is 0 Å². The van der Waals surface area contributed by atoms with Crippen LogP contribution in [0.15, 0.2) is 30.3 Å². The van der Waals surface area contributed by atoms with Crippen LogP contribution in [0.5, 0.6) is 11.5 Å². The number of phenols is 1. The molecule has 18 heavy (non-hydrogen) atoms. The Morgan fingerprint density at radius 3 is 2.78 bits per heavy atom. The van der Waals surface area contributed by atoms with E-state index in [1.165, 1.54) is 16.8 Å². The number of aromatic nitrogens is 2. The van der Waals surface area contributed by atoms with Crippen LogP contribution in [0, 0.1) is 0 Å². The lowest BCUT2D eigenvalue weighted by atomic mass is 10.3. The second-order valence-corrected chi connectivity index (χ2v) is 3.71. The highest BCUT2D eigenvalue weighted by Gasteiger charge is 2.12. The number of benzene rings is 1. The van der Waals surface area contributed by atoms with E-state index in [0.717, 1.165) is 0 Å². The van der Waals surface area contributed by atoms with Gasteiger partial charge in [0.2, 0.25) is 0 Å². The van der Waals surface area contributed by atoms with Gasteiger partial charge >= 0.3 is 5.97 Å². The van der Waals surface area contributed by atoms with Crippen LogP contribution in [0.1, 0.15) is 16.2 Å². The van der Waals surface area contributed by atoms with Crippen molar-refractivity contribution >= 4 is 5.97 Å². The molecule has 2 rings (SSSR count). The number of ether oxygens (including phenoxy) is 1. The van der Waals surface area contributed by atoms with E-state index < -0.39 is 5.97 Å². The molecule has 6 nitrogen and oxygen atoms in total. The van der Waals surface area contributed by atoms with Crippen LogP contribution in [-0.2, 0) is 13.7 Å². The first kappa shape index (κ1) is 12.0. The summed E-state index contributed by atoms with van der Waals surface area (Å²) in [5.41, 5.74) is 0.573. The van der Waals surface area contributed by atoms with Crippen molar-refractivity contribution in [3.8, 4) is 11.5 Å². The lowest BCUT2D eigenvalue weighted by molar-refractivity contribution is 0.0685. The zero-order valence-electron chi connectivity index (χ0n) is 9.70. The lowest BCUT2D eigenvalue weighted by Gasteiger charge is -2.05. The van der Waals surface area contributed by atoms with Gasteiger partial charge in [0.1, 0.15) is 18.0 Å². The number of rotatable bonds is 4. The summed E-state index contributed by atoms with van der Waals surface area (Å²) in [5.74, 6) is -0.675. The fraction of sp³-hybridized carbons (Fsp3) is 0.167. The minimum atomic E-state index is -1.04. The maximum atomic E-state index is 10.8. The molecule has 0 saturated carbocycles. The number of aromatic carboxylic acids is 1. The Morgan fingerprint density at radius 1 is 1.44 bits per heavy atom. The van der Waals surface area contributed by atoms with E-state index in [4.69, 9.17) is 9.84 Å². The third kappa shape index (κ3) is 2.42. The third-order valence-electron chi connectivity index (χ3n) is 2.39. The first-order valence-corrected chi connectivity index (χ1v) is 5.25. The first-order valence-electron chi connectivity index (χ1n) is 5.25. The number of aryl methyl sites for hydroxylation is 1. The van der Waals surface area contributed by atoms with Crippen LogP contribution in [0.3, 0.4) is 0 Å². The zero-order chi connectivity index (χ0) is 13.1. The van der Waals surface area contributed by atoms with Crippen LogP contribution in [0.2, 0.25) is 0 Å². The van der Waals surface area contributed by atoms with Crippen LogP contribution < -0.4 is 4.74 Å². The quantitative estimate of drug-likeness (QED) is 0.854. The Bertz CT molecular complexity index is 577. The maximum Gasteiger partial charge on any atom is 0.354 e. The number of hydrogen-bond acceptors (Lipinski definition) is 4. The average Bonchev–Trinajstić information content (AvgIpc) is 2.70. The number of carboxylic acids is 1. The van der Waals surface area contributed by atoms with Gasteiger partial charge in [0.15, 0.2) is 11.5 Å². The Hall–Kier alpha value is -2.50. The van der Waals surface area contributed by atoms with Gasteiger partial charge in [0, 0.05) is 7.05 Å². The summed E-state index contributed by atoms with van der Waals surface area (Å²) in [4.78, 5) is 10.8. The minimum Gasteiger partial charge on any atom is -0.504 e. The Labute approximate surface area is 103 Å². The molecule has 6 heteroatoms. The topological polar surface area (TPSA) is 84.6 Å². The van der Waals surface area contributed by atoms with Crippen LogP contribution in [0.25, 0.3) is 0 Å². The zero-order valence-corrected chi connectivity index (χ0v) is 9.70. The van der Waals surface area contributed by atoms with E-state index in [1.807, 2.05) is 0 Å². The van der Waals surface area contributed by atoms with Gasteiger partial charge in [-0.1, -0.05) is 12.1 Å². The standard InChI is InChI=1S/C12H12N2O4/c1-14-9(12(16)17)6-8(13-14)7-18-11-5-3-2-4-10(11)15/h2-6,15H,7H2,1H3,(H,16,17). The van der Waals surface area contributed by atoms with Gasteiger partial charge in [-0.3, -0.25) is 4.68 Å². The van der Waals surface area contributed by atoms with Crippen molar-refractivity contribution in [3.63, 3.8) is 0 Å². The Morgan fingerprint density at radius 2 is 2.17 bits per heavy atom. The summed E-state index contributed by atoms with van der Waals surface area (Å²) >= 11 is 0. The average molecular weight is 248 g/mol. The van der Waals surface area contributed by atoms with Crippen molar-refractivity contribution in [3.05, 3.63) is 41.7 Å². The predicted molar refractivity (Wildman–Crippen MR) is 62.6 cm³/mol. The molecule has 0 radical (unpaired) electrons. The van der Waals surface area contributed by atoms with Crippen molar-refractivity contribution in [1.82, 2.24) is 9.78 Å². The molecule has 1 aromatic heterocycles. The van der Waals surface area contributed by atoms with Crippen molar-refractivity contribution in [2.75, 3.05) is 0 Å². The summed E-state index contributed by atoms with van der Waals surface area (Å²) in [6, 6.07) is 7.98. The molecule has 2 aromatic rings. The molecule has 0 atom stereocenters. The number of phenolic OH excluding ortho intramolecular Hbond substituents is 1. The summed E-state index contributed by atoms with van der Waals surface area (Å²) in [7, 11) is 1.55. The molecule has 0 aliphatic carbocycles. The van der Waals surface area contributed by atoms with Crippen LogP contribution >= 0.6 is 0 Å². The molecule has 0 amide bonds. The number of para-hydroxylation sites is 2. The minimum absolute atomic E-state index is 0.0342. The Balaban J connectivity index is 2.09. The molecule has 2 N–H and O–H groups in total. The van der Waals surface area contributed by atoms with Crippen molar-refractivity contribution in [1.29, 1.82) is 0 Å². The number of hydrogen-bond donors (Lipinski definition) is 2. The van der Waals surface area contributed by atoms with Crippen LogP contribution in [-0.4, -0.2) is 26.0 Å². The molecule has 0 spiro atoms. The van der Waals surface area contributed by atoms with Crippen LogP contribution in [0.4, 0.5) is 0 Å². The molecule has 0 aliphatic rings. The highest BCUT2D eigenvalue weighted by molar-refractivity contribution is 5.85. The summed E-state index contributed by atoms with van der Waals surface area (Å²) in [6.45, 7) is 0.0959. The maximum absolute atomic E-state index is 10.8. The normalized spacial score (nSPS) is 10.3. The van der Waals surface area contributed by atoms with E-state index in [9.17, 15) is 9.90 Å². The van der Waals surface area contributed by atoms with Gasteiger partial charge < -0.3 is 14.9 Å². The van der Waals surface area contributed by atoms with Gasteiger partial charge in [-0.05, 0) is 18.2 Å². The summed E-state index contributed by atoms with van der Waals surface area (Å²) < 4.78 is 6.62. The molecule has 1 heterocycles. The van der Waals surface area contributed by atoms with E-state index in [2.05, 4.69) is 5.10 Å².